The Hall–Kier alpha value is -2.40. The van der Waals surface area contributed by atoms with Crippen LogP contribution in [0.3, 0.4) is 0 Å². The van der Waals surface area contributed by atoms with Gasteiger partial charge in [-0.3, -0.25) is 9.69 Å². The van der Waals surface area contributed by atoms with Gasteiger partial charge in [0.05, 0.1) is 10.7 Å². The van der Waals surface area contributed by atoms with E-state index in [1.807, 2.05) is 54.6 Å². The predicted octanol–water partition coefficient (Wildman–Crippen LogP) is 6.59. The molecule has 3 aromatic rings. The molecule has 0 aromatic heterocycles. The van der Waals surface area contributed by atoms with Gasteiger partial charge in [-0.15, -0.1) is 0 Å². The van der Waals surface area contributed by atoms with E-state index in [4.69, 9.17) is 23.2 Å². The fraction of sp³-hybridized carbons (Fsp3) is 0. The largest absolute Gasteiger partial charge is 0.282 e. The van der Waals surface area contributed by atoms with Crippen LogP contribution in [0.15, 0.2) is 88.0 Å². The molecular formula is C22H13BrCl2N2O. The third-order valence-corrected chi connectivity index (χ3v) is 5.34. The summed E-state index contributed by atoms with van der Waals surface area (Å²) in [4.78, 5) is 19.4. The van der Waals surface area contributed by atoms with Gasteiger partial charge in [-0.1, -0.05) is 63.4 Å². The lowest BCUT2D eigenvalue weighted by Gasteiger charge is -2.19. The summed E-state index contributed by atoms with van der Waals surface area (Å²) in [5.74, 6) is 0.283. The Labute approximate surface area is 181 Å². The van der Waals surface area contributed by atoms with Crippen LogP contribution in [-0.2, 0) is 4.79 Å². The van der Waals surface area contributed by atoms with Crippen LogP contribution in [0, 0.1) is 0 Å². The number of anilines is 1. The van der Waals surface area contributed by atoms with Crippen LogP contribution in [0.5, 0.6) is 0 Å². The number of amidine groups is 1. The maximum absolute atomic E-state index is 13.2. The lowest BCUT2D eigenvalue weighted by atomic mass is 10.1. The molecule has 3 nitrogen and oxygen atoms in total. The maximum Gasteiger partial charge on any atom is 0.282 e. The van der Waals surface area contributed by atoms with Crippen molar-refractivity contribution in [2.75, 3.05) is 4.90 Å². The highest BCUT2D eigenvalue weighted by Gasteiger charge is 2.33. The first kappa shape index (κ1) is 18.9. The van der Waals surface area contributed by atoms with Gasteiger partial charge < -0.3 is 0 Å². The average Bonchev–Trinajstić information content (AvgIpc) is 3.01. The van der Waals surface area contributed by atoms with Gasteiger partial charge in [-0.25, -0.2) is 4.99 Å². The molecule has 1 amide bonds. The molecule has 0 atom stereocenters. The van der Waals surface area contributed by atoms with Crippen LogP contribution in [0.4, 0.5) is 5.69 Å². The van der Waals surface area contributed by atoms with Gasteiger partial charge in [0.1, 0.15) is 11.5 Å². The van der Waals surface area contributed by atoms with Crippen molar-refractivity contribution in [3.8, 4) is 0 Å². The highest BCUT2D eigenvalue weighted by Crippen LogP contribution is 2.31. The summed E-state index contributed by atoms with van der Waals surface area (Å²) in [6.07, 6.45) is 1.74. The Bertz CT molecular complexity index is 1110. The second-order valence-electron chi connectivity index (χ2n) is 6.11. The lowest BCUT2D eigenvalue weighted by molar-refractivity contribution is -0.113. The molecule has 1 aliphatic heterocycles. The van der Waals surface area contributed by atoms with E-state index < -0.39 is 0 Å². The molecule has 0 unspecified atom stereocenters. The summed E-state index contributed by atoms with van der Waals surface area (Å²) in [6.45, 7) is 0. The minimum Gasteiger partial charge on any atom is -0.266 e. The van der Waals surface area contributed by atoms with Gasteiger partial charge in [0.15, 0.2) is 0 Å². The Morgan fingerprint density at radius 1 is 0.893 bits per heavy atom. The average molecular weight is 472 g/mol. The number of benzene rings is 3. The van der Waals surface area contributed by atoms with Crippen LogP contribution >= 0.6 is 39.1 Å². The minimum absolute atomic E-state index is 0.216. The molecule has 0 radical (unpaired) electrons. The molecule has 0 spiro atoms. The van der Waals surface area contributed by atoms with Crippen LogP contribution in [0.2, 0.25) is 10.0 Å². The fourth-order valence-electron chi connectivity index (χ4n) is 2.89. The van der Waals surface area contributed by atoms with Crippen molar-refractivity contribution in [2.24, 2.45) is 4.99 Å². The van der Waals surface area contributed by atoms with E-state index >= 15 is 0 Å². The molecule has 0 bridgehead atoms. The number of halogens is 3. The topological polar surface area (TPSA) is 32.7 Å². The van der Waals surface area contributed by atoms with Crippen molar-refractivity contribution in [2.45, 2.75) is 0 Å². The van der Waals surface area contributed by atoms with Gasteiger partial charge in [-0.2, -0.15) is 0 Å². The number of amides is 1. The quantitative estimate of drug-likeness (QED) is 0.396. The van der Waals surface area contributed by atoms with E-state index in [0.29, 0.717) is 32.8 Å². The Morgan fingerprint density at radius 3 is 2.25 bits per heavy atom. The van der Waals surface area contributed by atoms with Crippen LogP contribution in [0.25, 0.3) is 6.08 Å². The van der Waals surface area contributed by atoms with Crippen molar-refractivity contribution >= 4 is 62.6 Å². The molecule has 0 aliphatic carbocycles. The summed E-state index contributed by atoms with van der Waals surface area (Å²) >= 11 is 15.8. The number of carbonyl (C=O) groups excluding carboxylic acids is 1. The van der Waals surface area contributed by atoms with Crippen molar-refractivity contribution < 1.29 is 4.79 Å². The molecule has 0 saturated carbocycles. The van der Waals surface area contributed by atoms with Crippen molar-refractivity contribution in [1.82, 2.24) is 0 Å². The monoisotopic (exact) mass is 470 g/mol. The Balaban J connectivity index is 1.84. The summed E-state index contributed by atoms with van der Waals surface area (Å²) in [5.41, 5.74) is 2.58. The van der Waals surface area contributed by atoms with Crippen molar-refractivity contribution in [1.29, 1.82) is 0 Å². The maximum atomic E-state index is 13.2. The predicted molar refractivity (Wildman–Crippen MR) is 119 cm³/mol. The van der Waals surface area contributed by atoms with E-state index in [1.165, 1.54) is 0 Å². The number of rotatable bonds is 3. The van der Waals surface area contributed by atoms with Gasteiger partial charge >= 0.3 is 0 Å². The minimum atomic E-state index is -0.216. The molecule has 4 rings (SSSR count). The second kappa shape index (κ2) is 7.92. The zero-order valence-corrected chi connectivity index (χ0v) is 17.5. The number of hydrogen-bond donors (Lipinski definition) is 0. The molecule has 138 valence electrons. The van der Waals surface area contributed by atoms with E-state index in [0.717, 1.165) is 10.0 Å². The SMILES string of the molecule is O=C1/C(=C\c2ccc(Cl)cc2)N=C(c2ccccc2Cl)N1c1ccc(Br)cc1. The molecule has 6 heteroatoms. The molecular weight excluding hydrogens is 459 g/mol. The summed E-state index contributed by atoms with van der Waals surface area (Å²) in [5, 5.41) is 1.17. The first-order valence-corrected chi connectivity index (χ1v) is 9.99. The molecule has 1 aliphatic rings. The molecule has 0 N–H and O–H groups in total. The smallest absolute Gasteiger partial charge is 0.266 e. The third-order valence-electron chi connectivity index (χ3n) is 4.23. The van der Waals surface area contributed by atoms with Gasteiger partial charge in [0.25, 0.3) is 5.91 Å². The van der Waals surface area contributed by atoms with Crippen LogP contribution < -0.4 is 4.90 Å². The van der Waals surface area contributed by atoms with E-state index in [9.17, 15) is 4.79 Å². The third kappa shape index (κ3) is 3.76. The molecule has 1 heterocycles. The first-order valence-electron chi connectivity index (χ1n) is 8.44. The van der Waals surface area contributed by atoms with Crippen molar-refractivity contribution in [3.63, 3.8) is 0 Å². The summed E-state index contributed by atoms with van der Waals surface area (Å²) < 4.78 is 0.927. The normalized spacial score (nSPS) is 15.2. The second-order valence-corrected chi connectivity index (χ2v) is 7.87. The molecule has 28 heavy (non-hydrogen) atoms. The number of hydrogen-bond acceptors (Lipinski definition) is 2. The van der Waals surface area contributed by atoms with E-state index in [-0.39, 0.29) is 5.91 Å². The van der Waals surface area contributed by atoms with E-state index in [1.54, 1.807) is 29.2 Å². The highest BCUT2D eigenvalue weighted by atomic mass is 79.9. The van der Waals surface area contributed by atoms with Gasteiger partial charge in [0.2, 0.25) is 0 Å². The molecule has 0 fully saturated rings. The summed E-state index contributed by atoms with van der Waals surface area (Å²) in [6, 6.07) is 22.1. The lowest BCUT2D eigenvalue weighted by Crippen LogP contribution is -2.32. The number of carbonyl (C=O) groups is 1. The van der Waals surface area contributed by atoms with Crippen LogP contribution in [-0.4, -0.2) is 11.7 Å². The number of aliphatic imine (C=N–C) groups is 1. The van der Waals surface area contributed by atoms with Gasteiger partial charge in [-0.05, 0) is 60.2 Å². The molecule has 3 aromatic carbocycles. The van der Waals surface area contributed by atoms with Gasteiger partial charge in [0, 0.05) is 15.1 Å². The van der Waals surface area contributed by atoms with Crippen LogP contribution in [0.1, 0.15) is 11.1 Å². The summed E-state index contributed by atoms with van der Waals surface area (Å²) in [7, 11) is 0. The zero-order valence-electron chi connectivity index (χ0n) is 14.4. The Morgan fingerprint density at radius 2 is 1.57 bits per heavy atom. The number of nitrogens with zero attached hydrogens (tertiary/aromatic N) is 2. The highest BCUT2D eigenvalue weighted by molar-refractivity contribution is 9.10. The molecule has 0 saturated heterocycles. The Kier molecular flexibility index (Phi) is 5.36. The zero-order chi connectivity index (χ0) is 19.7. The van der Waals surface area contributed by atoms with E-state index in [2.05, 4.69) is 20.9 Å². The first-order chi connectivity index (χ1) is 13.5. The standard InChI is InChI=1S/C22H13BrCl2N2O/c23-15-7-11-17(12-8-15)27-21(18-3-1-2-4-19(18)25)26-20(22(27)28)13-14-5-9-16(24)10-6-14/h1-13H/b20-13+. The van der Waals surface area contributed by atoms with Crippen molar-refractivity contribution in [3.05, 3.63) is 104 Å². The fourth-order valence-corrected chi connectivity index (χ4v) is 3.50.